The fraction of sp³-hybridized carbons (Fsp3) is 0.750. The van der Waals surface area contributed by atoms with Gasteiger partial charge >= 0.3 is 0 Å². The van der Waals surface area contributed by atoms with Crippen molar-refractivity contribution in [3.05, 3.63) is 18.2 Å². The summed E-state index contributed by atoms with van der Waals surface area (Å²) in [5.41, 5.74) is 1.37. The average Bonchev–Trinajstić information content (AvgIpc) is 2.83. The molecule has 1 saturated carbocycles. The fourth-order valence-electron chi connectivity index (χ4n) is 2.54. The minimum Gasteiger partial charge on any atom is -0.330 e. The van der Waals surface area contributed by atoms with Crippen LogP contribution in [0.2, 0.25) is 0 Å². The normalized spacial score (nSPS) is 25.5. The van der Waals surface area contributed by atoms with Crippen molar-refractivity contribution in [1.82, 2.24) is 19.8 Å². The standard InChI is InChI=1S/C12H20N4/c1-15(11-4-5-13-6-11)8-12-7-14-9-16(12)10-2-3-10/h7,9-11,13H,2-6,8H2,1H3. The Labute approximate surface area is 96.7 Å². The first-order valence-corrected chi connectivity index (χ1v) is 6.26. The highest BCUT2D eigenvalue weighted by molar-refractivity contribution is 5.04. The second-order valence-electron chi connectivity index (χ2n) is 5.09. The van der Waals surface area contributed by atoms with Gasteiger partial charge in [-0.3, -0.25) is 4.90 Å². The van der Waals surface area contributed by atoms with Crippen molar-refractivity contribution in [2.24, 2.45) is 0 Å². The van der Waals surface area contributed by atoms with Crippen molar-refractivity contribution < 1.29 is 0 Å². The smallest absolute Gasteiger partial charge is 0.0951 e. The largest absolute Gasteiger partial charge is 0.330 e. The van der Waals surface area contributed by atoms with Gasteiger partial charge in [0, 0.05) is 31.4 Å². The molecular formula is C12H20N4. The van der Waals surface area contributed by atoms with E-state index in [2.05, 4.69) is 26.8 Å². The summed E-state index contributed by atoms with van der Waals surface area (Å²) in [4.78, 5) is 6.74. The number of hydrogen-bond donors (Lipinski definition) is 1. The van der Waals surface area contributed by atoms with Crippen LogP contribution in [0, 0.1) is 0 Å². The maximum atomic E-state index is 4.28. The first-order valence-electron chi connectivity index (χ1n) is 6.26. The maximum Gasteiger partial charge on any atom is 0.0951 e. The molecule has 2 fully saturated rings. The van der Waals surface area contributed by atoms with Crippen molar-refractivity contribution >= 4 is 0 Å². The summed E-state index contributed by atoms with van der Waals surface area (Å²) < 4.78 is 2.36. The summed E-state index contributed by atoms with van der Waals surface area (Å²) in [6.45, 7) is 3.33. The van der Waals surface area contributed by atoms with Crippen LogP contribution >= 0.6 is 0 Å². The monoisotopic (exact) mass is 220 g/mol. The summed E-state index contributed by atoms with van der Waals surface area (Å²) >= 11 is 0. The molecule has 1 saturated heterocycles. The molecular weight excluding hydrogens is 200 g/mol. The molecule has 2 heterocycles. The number of aromatic nitrogens is 2. The van der Waals surface area contributed by atoms with Gasteiger partial charge in [-0.15, -0.1) is 0 Å². The van der Waals surface area contributed by atoms with Crippen LogP contribution in [0.5, 0.6) is 0 Å². The quantitative estimate of drug-likeness (QED) is 0.822. The van der Waals surface area contributed by atoms with E-state index >= 15 is 0 Å². The average molecular weight is 220 g/mol. The van der Waals surface area contributed by atoms with E-state index in [0.29, 0.717) is 6.04 Å². The van der Waals surface area contributed by atoms with E-state index in [1.54, 1.807) is 0 Å². The molecule has 88 valence electrons. The Morgan fingerprint density at radius 1 is 1.50 bits per heavy atom. The van der Waals surface area contributed by atoms with Gasteiger partial charge in [-0.05, 0) is 32.9 Å². The van der Waals surface area contributed by atoms with Crippen molar-refractivity contribution in [1.29, 1.82) is 0 Å². The third-order valence-corrected chi connectivity index (χ3v) is 3.76. The number of likely N-dealkylation sites (N-methyl/N-ethyl adjacent to an activating group) is 1. The molecule has 0 bridgehead atoms. The first-order chi connectivity index (χ1) is 7.84. The van der Waals surface area contributed by atoms with Gasteiger partial charge in [0.15, 0.2) is 0 Å². The Balaban J connectivity index is 1.65. The lowest BCUT2D eigenvalue weighted by atomic mass is 10.2. The van der Waals surface area contributed by atoms with Crippen LogP contribution in [0.4, 0.5) is 0 Å². The second-order valence-corrected chi connectivity index (χ2v) is 5.09. The van der Waals surface area contributed by atoms with E-state index in [0.717, 1.165) is 25.7 Å². The fourth-order valence-corrected chi connectivity index (χ4v) is 2.54. The molecule has 1 N–H and O–H groups in total. The molecule has 0 aromatic carbocycles. The summed E-state index contributed by atoms with van der Waals surface area (Å²) in [5.74, 6) is 0. The third-order valence-electron chi connectivity index (χ3n) is 3.76. The Morgan fingerprint density at radius 3 is 3.06 bits per heavy atom. The summed E-state index contributed by atoms with van der Waals surface area (Å²) in [5, 5.41) is 3.42. The van der Waals surface area contributed by atoms with Gasteiger partial charge in [0.2, 0.25) is 0 Å². The lowest BCUT2D eigenvalue weighted by molar-refractivity contribution is 0.242. The summed E-state index contributed by atoms with van der Waals surface area (Å²) in [7, 11) is 2.22. The molecule has 0 spiro atoms. The molecule has 1 aromatic heterocycles. The van der Waals surface area contributed by atoms with Crippen LogP contribution in [0.1, 0.15) is 31.0 Å². The lowest BCUT2D eigenvalue weighted by Gasteiger charge is -2.23. The molecule has 4 heteroatoms. The minimum atomic E-state index is 0.697. The molecule has 1 unspecified atom stereocenters. The van der Waals surface area contributed by atoms with Crippen LogP contribution in [-0.2, 0) is 6.54 Å². The predicted octanol–water partition coefficient (Wildman–Crippen LogP) is 1.01. The zero-order valence-electron chi connectivity index (χ0n) is 9.89. The highest BCUT2D eigenvalue weighted by atomic mass is 15.2. The zero-order valence-corrected chi connectivity index (χ0v) is 9.89. The van der Waals surface area contributed by atoms with Gasteiger partial charge in [-0.2, -0.15) is 0 Å². The van der Waals surface area contributed by atoms with Crippen molar-refractivity contribution in [3.8, 4) is 0 Å². The summed E-state index contributed by atoms with van der Waals surface area (Å²) in [6, 6.07) is 1.44. The van der Waals surface area contributed by atoms with Gasteiger partial charge < -0.3 is 9.88 Å². The number of rotatable bonds is 4. The number of imidazole rings is 1. The number of nitrogens with one attached hydrogen (secondary N) is 1. The Hall–Kier alpha value is -0.870. The highest BCUT2D eigenvalue weighted by Gasteiger charge is 2.26. The van der Waals surface area contributed by atoms with Crippen molar-refractivity contribution in [3.63, 3.8) is 0 Å². The number of nitrogens with zero attached hydrogens (tertiary/aromatic N) is 3. The Bertz CT molecular complexity index is 350. The molecule has 1 aromatic rings. The van der Waals surface area contributed by atoms with E-state index in [1.165, 1.54) is 25.0 Å². The van der Waals surface area contributed by atoms with E-state index in [4.69, 9.17) is 0 Å². The summed E-state index contributed by atoms with van der Waals surface area (Å²) in [6.07, 6.45) is 7.95. The highest BCUT2D eigenvalue weighted by Crippen LogP contribution is 2.35. The van der Waals surface area contributed by atoms with E-state index < -0.39 is 0 Å². The van der Waals surface area contributed by atoms with Gasteiger partial charge in [0.1, 0.15) is 0 Å². The SMILES string of the molecule is CN(Cc1cncn1C1CC1)C1CCNC1. The van der Waals surface area contributed by atoms with Gasteiger partial charge in [0.05, 0.1) is 12.0 Å². The molecule has 2 aliphatic rings. The molecule has 1 aliphatic heterocycles. The van der Waals surface area contributed by atoms with E-state index in [-0.39, 0.29) is 0 Å². The molecule has 0 amide bonds. The van der Waals surface area contributed by atoms with E-state index in [9.17, 15) is 0 Å². The second kappa shape index (κ2) is 4.18. The Morgan fingerprint density at radius 2 is 2.38 bits per heavy atom. The molecule has 16 heavy (non-hydrogen) atoms. The molecule has 4 nitrogen and oxygen atoms in total. The van der Waals surface area contributed by atoms with Crippen LogP contribution in [0.25, 0.3) is 0 Å². The third kappa shape index (κ3) is 1.99. The number of hydrogen-bond acceptors (Lipinski definition) is 3. The van der Waals surface area contributed by atoms with Crippen LogP contribution in [0.15, 0.2) is 12.5 Å². The molecule has 1 atom stereocenters. The molecule has 1 aliphatic carbocycles. The zero-order chi connectivity index (χ0) is 11.0. The van der Waals surface area contributed by atoms with Crippen molar-refractivity contribution in [2.75, 3.05) is 20.1 Å². The van der Waals surface area contributed by atoms with Crippen molar-refractivity contribution in [2.45, 2.75) is 37.9 Å². The van der Waals surface area contributed by atoms with Crippen LogP contribution < -0.4 is 5.32 Å². The maximum absolute atomic E-state index is 4.28. The van der Waals surface area contributed by atoms with E-state index in [1.807, 2.05) is 12.5 Å². The lowest BCUT2D eigenvalue weighted by Crippen LogP contribution is -2.33. The molecule has 3 rings (SSSR count). The van der Waals surface area contributed by atoms with Crippen LogP contribution in [0.3, 0.4) is 0 Å². The van der Waals surface area contributed by atoms with Crippen LogP contribution in [-0.4, -0.2) is 40.6 Å². The van der Waals surface area contributed by atoms with Gasteiger partial charge in [-0.25, -0.2) is 4.98 Å². The minimum absolute atomic E-state index is 0.697. The topological polar surface area (TPSA) is 33.1 Å². The predicted molar refractivity (Wildman–Crippen MR) is 63.2 cm³/mol. The van der Waals surface area contributed by atoms with Gasteiger partial charge in [-0.1, -0.05) is 0 Å². The Kier molecular flexibility index (Phi) is 2.69. The first kappa shape index (κ1) is 10.3. The molecule has 0 radical (unpaired) electrons. The van der Waals surface area contributed by atoms with Gasteiger partial charge in [0.25, 0.3) is 0 Å².